The zero-order valence-electron chi connectivity index (χ0n) is 20.2. The molecule has 3 heterocycles. The number of benzene rings is 1. The molecule has 0 aliphatic carbocycles. The maximum absolute atomic E-state index is 13.6. The minimum atomic E-state index is -4.65. The van der Waals surface area contributed by atoms with E-state index in [1.807, 2.05) is 6.07 Å². The van der Waals surface area contributed by atoms with Crippen molar-refractivity contribution in [3.63, 3.8) is 0 Å². The van der Waals surface area contributed by atoms with Gasteiger partial charge in [0.15, 0.2) is 0 Å². The van der Waals surface area contributed by atoms with Gasteiger partial charge in [0, 0.05) is 43.0 Å². The highest BCUT2D eigenvalue weighted by atomic mass is 19.4. The van der Waals surface area contributed by atoms with Gasteiger partial charge in [0.2, 0.25) is 5.91 Å². The van der Waals surface area contributed by atoms with Gasteiger partial charge in [-0.2, -0.15) is 13.2 Å². The molecule has 0 bridgehead atoms. The van der Waals surface area contributed by atoms with Crippen LogP contribution in [0.5, 0.6) is 0 Å². The number of carbonyl (C=O) groups excluding carboxylic acids is 2. The Balaban J connectivity index is 1.81. The number of alkyl halides is 3. The summed E-state index contributed by atoms with van der Waals surface area (Å²) >= 11 is 0. The number of fused-ring (bicyclic) bond motifs is 1. The minimum Gasteiger partial charge on any atom is -0.397 e. The molecule has 5 N–H and O–H groups in total. The summed E-state index contributed by atoms with van der Waals surface area (Å²) < 4.78 is 45.5. The molecule has 1 aliphatic heterocycles. The highest BCUT2D eigenvalue weighted by Crippen LogP contribution is 2.43. The molecule has 2 amide bonds. The van der Waals surface area contributed by atoms with Crippen LogP contribution in [-0.4, -0.2) is 35.0 Å². The molecule has 2 unspecified atom stereocenters. The second-order valence-corrected chi connectivity index (χ2v) is 9.45. The number of ether oxygens (including phenoxy) is 1. The minimum absolute atomic E-state index is 0.0362. The van der Waals surface area contributed by atoms with Crippen LogP contribution in [0.2, 0.25) is 0 Å². The monoisotopic (exact) mass is 515 g/mol. The third-order valence-electron chi connectivity index (χ3n) is 6.97. The van der Waals surface area contributed by atoms with Crippen LogP contribution in [0.3, 0.4) is 0 Å². The number of amides is 2. The van der Waals surface area contributed by atoms with Crippen LogP contribution in [0, 0.1) is 11.8 Å². The molecule has 11 heteroatoms. The molecule has 196 valence electrons. The van der Waals surface area contributed by atoms with Crippen molar-refractivity contribution in [2.24, 2.45) is 17.6 Å². The number of pyridine rings is 2. The Kier molecular flexibility index (Phi) is 7.35. The lowest BCUT2D eigenvalue weighted by atomic mass is 9.69. The smallest absolute Gasteiger partial charge is 0.397 e. The van der Waals surface area contributed by atoms with Gasteiger partial charge in [0.25, 0.3) is 5.91 Å². The molecule has 3 aromatic rings. The molecular weight excluding hydrogens is 487 g/mol. The molecule has 8 nitrogen and oxygen atoms in total. The predicted molar refractivity (Wildman–Crippen MR) is 131 cm³/mol. The van der Waals surface area contributed by atoms with Gasteiger partial charge < -0.3 is 21.5 Å². The van der Waals surface area contributed by atoms with Crippen molar-refractivity contribution in [3.8, 4) is 0 Å². The first kappa shape index (κ1) is 26.3. The number of hydrogen-bond acceptors (Lipinski definition) is 6. The average molecular weight is 516 g/mol. The maximum atomic E-state index is 13.6. The Morgan fingerprint density at radius 3 is 2.54 bits per heavy atom. The molecule has 0 spiro atoms. The van der Waals surface area contributed by atoms with E-state index in [1.54, 1.807) is 37.4 Å². The molecule has 0 radical (unpaired) electrons. The van der Waals surface area contributed by atoms with Gasteiger partial charge >= 0.3 is 6.18 Å². The summed E-state index contributed by atoms with van der Waals surface area (Å²) in [6.45, 7) is 2.51. The summed E-state index contributed by atoms with van der Waals surface area (Å²) in [7, 11) is 0. The van der Waals surface area contributed by atoms with Crippen molar-refractivity contribution in [2.75, 3.05) is 18.9 Å². The van der Waals surface area contributed by atoms with Gasteiger partial charge in [-0.05, 0) is 61.9 Å². The number of carbonyl (C=O) groups is 2. The topological polar surface area (TPSA) is 133 Å². The SMILES string of the molecule is CC(NC(=O)c1ccc2ncccc2c1)(c1ncc(C(F)(F)F)cc1N)C(CC(N)=O)C1CCOCC1. The van der Waals surface area contributed by atoms with E-state index in [2.05, 4.69) is 15.3 Å². The summed E-state index contributed by atoms with van der Waals surface area (Å²) in [5.41, 5.74) is 10.1. The highest BCUT2D eigenvalue weighted by molar-refractivity contribution is 5.98. The third-order valence-corrected chi connectivity index (χ3v) is 6.97. The molecular formula is C26H28F3N5O3. The van der Waals surface area contributed by atoms with Crippen molar-refractivity contribution in [1.29, 1.82) is 0 Å². The number of aromatic nitrogens is 2. The number of anilines is 1. The standard InChI is InChI=1S/C26H28F3N5O3/c1-25(19(13-22(31)35)15-6-9-37-10-7-15,23-20(30)12-18(14-33-23)26(27,28)29)34-24(36)17-4-5-21-16(11-17)3-2-8-32-21/h2-5,8,11-12,14-15,19H,6-7,9-10,13,30H2,1H3,(H2,31,35)(H,34,36). The van der Waals surface area contributed by atoms with Gasteiger partial charge in [-0.1, -0.05) is 6.07 Å². The van der Waals surface area contributed by atoms with Crippen molar-refractivity contribution in [3.05, 3.63) is 65.6 Å². The van der Waals surface area contributed by atoms with Crippen molar-refractivity contribution >= 4 is 28.4 Å². The van der Waals surface area contributed by atoms with Crippen LogP contribution in [0.4, 0.5) is 18.9 Å². The Labute approximate surface area is 211 Å². The van der Waals surface area contributed by atoms with Crippen LogP contribution < -0.4 is 16.8 Å². The second kappa shape index (κ2) is 10.3. The van der Waals surface area contributed by atoms with Crippen LogP contribution in [0.15, 0.2) is 48.8 Å². The van der Waals surface area contributed by atoms with E-state index in [-0.39, 0.29) is 23.7 Å². The summed E-state index contributed by atoms with van der Waals surface area (Å²) in [4.78, 5) is 34.1. The van der Waals surface area contributed by atoms with Crippen LogP contribution >= 0.6 is 0 Å². The fraction of sp³-hybridized carbons (Fsp3) is 0.385. The predicted octanol–water partition coefficient (Wildman–Crippen LogP) is 3.79. The van der Waals surface area contributed by atoms with Crippen molar-refractivity contribution in [1.82, 2.24) is 15.3 Å². The van der Waals surface area contributed by atoms with Gasteiger partial charge in [0.05, 0.1) is 28.0 Å². The normalized spacial score (nSPS) is 17.2. The first-order chi connectivity index (χ1) is 17.5. The van der Waals surface area contributed by atoms with E-state index in [4.69, 9.17) is 16.2 Å². The van der Waals surface area contributed by atoms with Gasteiger partial charge in [-0.25, -0.2) is 0 Å². The average Bonchev–Trinajstić information content (AvgIpc) is 2.86. The first-order valence-corrected chi connectivity index (χ1v) is 11.9. The summed E-state index contributed by atoms with van der Waals surface area (Å²) in [6.07, 6.45) is -1.31. The van der Waals surface area contributed by atoms with Gasteiger partial charge in [-0.15, -0.1) is 0 Å². The van der Waals surface area contributed by atoms with Crippen LogP contribution in [-0.2, 0) is 21.2 Å². The zero-order valence-corrected chi connectivity index (χ0v) is 20.2. The Morgan fingerprint density at radius 1 is 1.16 bits per heavy atom. The lowest BCUT2D eigenvalue weighted by molar-refractivity contribution is -0.137. The van der Waals surface area contributed by atoms with E-state index in [9.17, 15) is 22.8 Å². The molecule has 1 aromatic carbocycles. The number of halogens is 3. The van der Waals surface area contributed by atoms with E-state index >= 15 is 0 Å². The van der Waals surface area contributed by atoms with E-state index < -0.39 is 35.0 Å². The summed E-state index contributed by atoms with van der Waals surface area (Å²) in [5.74, 6) is -1.85. The summed E-state index contributed by atoms with van der Waals surface area (Å²) in [5, 5.41) is 3.70. The molecule has 2 atom stereocenters. The Morgan fingerprint density at radius 2 is 1.89 bits per heavy atom. The van der Waals surface area contributed by atoms with E-state index in [0.717, 1.165) is 11.5 Å². The van der Waals surface area contributed by atoms with Gasteiger partial charge in [-0.3, -0.25) is 19.6 Å². The number of nitrogens with one attached hydrogen (secondary N) is 1. The third kappa shape index (κ3) is 5.66. The number of nitrogen functional groups attached to an aromatic ring is 1. The molecule has 2 aromatic heterocycles. The first-order valence-electron chi connectivity index (χ1n) is 11.9. The summed E-state index contributed by atoms with van der Waals surface area (Å²) in [6, 6.07) is 9.32. The largest absolute Gasteiger partial charge is 0.417 e. The van der Waals surface area contributed by atoms with E-state index in [0.29, 0.717) is 43.3 Å². The second-order valence-electron chi connectivity index (χ2n) is 9.45. The van der Waals surface area contributed by atoms with Crippen LogP contribution in [0.25, 0.3) is 10.9 Å². The van der Waals surface area contributed by atoms with E-state index in [1.165, 1.54) is 0 Å². The quantitative estimate of drug-likeness (QED) is 0.438. The maximum Gasteiger partial charge on any atom is 0.417 e. The highest BCUT2D eigenvalue weighted by Gasteiger charge is 2.46. The molecule has 0 saturated carbocycles. The number of hydrogen-bond donors (Lipinski definition) is 3. The molecule has 4 rings (SSSR count). The van der Waals surface area contributed by atoms with Crippen molar-refractivity contribution < 1.29 is 27.5 Å². The van der Waals surface area contributed by atoms with Crippen LogP contribution in [0.1, 0.15) is 47.8 Å². The zero-order chi connectivity index (χ0) is 26.8. The lowest BCUT2D eigenvalue weighted by Gasteiger charge is -2.43. The number of nitrogens with zero attached hydrogens (tertiary/aromatic N) is 2. The fourth-order valence-corrected chi connectivity index (χ4v) is 5.10. The Hall–Kier alpha value is -3.73. The molecule has 1 fully saturated rings. The van der Waals surface area contributed by atoms with Gasteiger partial charge in [0.1, 0.15) is 0 Å². The number of rotatable bonds is 7. The molecule has 37 heavy (non-hydrogen) atoms. The number of nitrogens with two attached hydrogens (primary N) is 2. The fourth-order valence-electron chi connectivity index (χ4n) is 5.10. The lowest BCUT2D eigenvalue weighted by Crippen LogP contribution is -2.53. The molecule has 1 aliphatic rings. The number of primary amides is 1. The van der Waals surface area contributed by atoms with Crippen molar-refractivity contribution in [2.45, 2.75) is 37.9 Å². The Bertz CT molecular complexity index is 1310. The molecule has 1 saturated heterocycles.